The molecule has 1 N–H and O–H groups in total. The lowest BCUT2D eigenvalue weighted by molar-refractivity contribution is -0.132. The van der Waals surface area contributed by atoms with Gasteiger partial charge in [-0.3, -0.25) is 4.79 Å². The number of anilines is 1. The molecule has 0 aliphatic carbocycles. The number of hydrogen-bond acceptors (Lipinski definition) is 5. The maximum atomic E-state index is 12.4. The summed E-state index contributed by atoms with van der Waals surface area (Å²) >= 11 is 1.59. The molecule has 1 aliphatic rings. The van der Waals surface area contributed by atoms with E-state index in [0.29, 0.717) is 25.9 Å². The molecule has 1 amide bonds. The number of likely N-dealkylation sites (N-methyl/N-ethyl adjacent to an activating group) is 1. The Labute approximate surface area is 146 Å². The molecular formula is C18H23N3O2S. The molecule has 1 aliphatic heterocycles. The van der Waals surface area contributed by atoms with E-state index in [1.807, 2.05) is 35.7 Å². The topological polar surface area (TPSA) is 56.7 Å². The zero-order chi connectivity index (χ0) is 17.0. The number of amides is 1. The Hall–Kier alpha value is -1.92. The molecule has 0 radical (unpaired) electrons. The Bertz CT molecular complexity index is 662. The summed E-state index contributed by atoms with van der Waals surface area (Å²) in [5, 5.41) is 13.0. The van der Waals surface area contributed by atoms with Crippen molar-refractivity contribution in [2.24, 2.45) is 0 Å². The van der Waals surface area contributed by atoms with Gasteiger partial charge in [-0.1, -0.05) is 12.1 Å². The molecule has 1 atom stereocenters. The predicted molar refractivity (Wildman–Crippen MR) is 96.3 cm³/mol. The standard InChI is InChI=1S/C18H23N3O2S/c1-20(17(22)12-15-6-4-11-24-15)13-18(23)8-5-10-21(14-18)16-7-2-3-9-19-16/h2-4,6-7,9,11,23H,5,8,10,12-14H2,1H3/t18-/m0/s1. The van der Waals surface area contributed by atoms with E-state index in [2.05, 4.69) is 9.88 Å². The second-order valence-electron chi connectivity index (χ2n) is 6.44. The van der Waals surface area contributed by atoms with E-state index in [-0.39, 0.29) is 5.91 Å². The van der Waals surface area contributed by atoms with Gasteiger partial charge in [0.1, 0.15) is 5.82 Å². The SMILES string of the molecule is CN(C[C@@]1(O)CCCN(c2ccccn2)C1)C(=O)Cc1cccs1. The molecule has 5 nitrogen and oxygen atoms in total. The van der Waals surface area contributed by atoms with Gasteiger partial charge in [-0.25, -0.2) is 4.98 Å². The van der Waals surface area contributed by atoms with Gasteiger partial charge in [-0.2, -0.15) is 0 Å². The van der Waals surface area contributed by atoms with E-state index in [9.17, 15) is 9.90 Å². The lowest BCUT2D eigenvalue weighted by Gasteiger charge is -2.41. The number of aromatic nitrogens is 1. The van der Waals surface area contributed by atoms with Crippen molar-refractivity contribution < 1.29 is 9.90 Å². The summed E-state index contributed by atoms with van der Waals surface area (Å²) in [6.07, 6.45) is 3.75. The van der Waals surface area contributed by atoms with Gasteiger partial charge >= 0.3 is 0 Å². The minimum absolute atomic E-state index is 0.0424. The van der Waals surface area contributed by atoms with Crippen molar-refractivity contribution in [1.29, 1.82) is 0 Å². The second-order valence-corrected chi connectivity index (χ2v) is 7.48. The van der Waals surface area contributed by atoms with Crippen LogP contribution in [0.25, 0.3) is 0 Å². The first-order chi connectivity index (χ1) is 11.6. The fourth-order valence-electron chi connectivity index (χ4n) is 3.20. The minimum Gasteiger partial charge on any atom is -0.386 e. The molecule has 0 aromatic carbocycles. The third kappa shape index (κ3) is 4.13. The van der Waals surface area contributed by atoms with E-state index in [1.54, 1.807) is 29.5 Å². The van der Waals surface area contributed by atoms with Crippen molar-refractivity contribution in [3.8, 4) is 0 Å². The zero-order valence-corrected chi connectivity index (χ0v) is 14.7. The maximum Gasteiger partial charge on any atom is 0.227 e. The van der Waals surface area contributed by atoms with Crippen molar-refractivity contribution in [2.75, 3.05) is 31.6 Å². The molecule has 24 heavy (non-hydrogen) atoms. The minimum atomic E-state index is -0.893. The fourth-order valence-corrected chi connectivity index (χ4v) is 3.90. The van der Waals surface area contributed by atoms with Crippen LogP contribution < -0.4 is 4.90 Å². The molecule has 1 fully saturated rings. The summed E-state index contributed by atoms with van der Waals surface area (Å²) in [5.74, 6) is 0.920. The predicted octanol–water partition coefficient (Wildman–Crippen LogP) is 2.18. The zero-order valence-electron chi connectivity index (χ0n) is 13.9. The molecule has 2 aromatic heterocycles. The maximum absolute atomic E-state index is 12.4. The largest absolute Gasteiger partial charge is 0.386 e. The van der Waals surface area contributed by atoms with Crippen molar-refractivity contribution >= 4 is 23.1 Å². The van der Waals surface area contributed by atoms with Gasteiger partial charge in [0, 0.05) is 31.2 Å². The van der Waals surface area contributed by atoms with Crippen molar-refractivity contribution in [3.05, 3.63) is 46.8 Å². The summed E-state index contributed by atoms with van der Waals surface area (Å²) in [4.78, 5) is 21.5. The van der Waals surface area contributed by atoms with E-state index in [4.69, 9.17) is 0 Å². The quantitative estimate of drug-likeness (QED) is 0.902. The van der Waals surface area contributed by atoms with E-state index in [1.165, 1.54) is 0 Å². The van der Waals surface area contributed by atoms with E-state index in [0.717, 1.165) is 23.7 Å². The van der Waals surface area contributed by atoms with Crippen molar-refractivity contribution in [2.45, 2.75) is 24.9 Å². The van der Waals surface area contributed by atoms with Crippen LogP contribution >= 0.6 is 11.3 Å². The first-order valence-corrected chi connectivity index (χ1v) is 9.08. The van der Waals surface area contributed by atoms with Crippen LogP contribution in [0, 0.1) is 0 Å². The number of aliphatic hydroxyl groups is 1. The van der Waals surface area contributed by atoms with Crippen LogP contribution in [-0.2, 0) is 11.2 Å². The van der Waals surface area contributed by atoms with Gasteiger partial charge < -0.3 is 14.9 Å². The van der Waals surface area contributed by atoms with E-state index < -0.39 is 5.60 Å². The molecule has 0 saturated carbocycles. The molecule has 0 unspecified atom stereocenters. The van der Waals surface area contributed by atoms with Crippen LogP contribution in [0.1, 0.15) is 17.7 Å². The third-order valence-electron chi connectivity index (χ3n) is 4.39. The molecule has 2 aromatic rings. The summed E-state index contributed by atoms with van der Waals surface area (Å²) in [7, 11) is 1.77. The number of thiophene rings is 1. The van der Waals surface area contributed by atoms with E-state index >= 15 is 0 Å². The molecule has 0 bridgehead atoms. The number of nitrogens with zero attached hydrogens (tertiary/aromatic N) is 3. The number of carbonyl (C=O) groups excluding carboxylic acids is 1. The third-order valence-corrected chi connectivity index (χ3v) is 5.27. The molecular weight excluding hydrogens is 322 g/mol. The Morgan fingerprint density at radius 3 is 3.00 bits per heavy atom. The highest BCUT2D eigenvalue weighted by atomic mass is 32.1. The van der Waals surface area contributed by atoms with Crippen LogP contribution in [-0.4, -0.2) is 53.2 Å². The van der Waals surface area contributed by atoms with Crippen LogP contribution in [0.2, 0.25) is 0 Å². The number of rotatable bonds is 5. The summed E-state index contributed by atoms with van der Waals surface area (Å²) in [6, 6.07) is 9.71. The Morgan fingerprint density at radius 2 is 2.29 bits per heavy atom. The average molecular weight is 345 g/mol. The lowest BCUT2D eigenvalue weighted by atomic mass is 9.92. The van der Waals surface area contributed by atoms with Crippen LogP contribution in [0.4, 0.5) is 5.82 Å². The number of piperidine rings is 1. The highest BCUT2D eigenvalue weighted by Crippen LogP contribution is 2.25. The number of carbonyl (C=O) groups is 1. The second kappa shape index (κ2) is 7.32. The van der Waals surface area contributed by atoms with Crippen molar-refractivity contribution in [1.82, 2.24) is 9.88 Å². The first-order valence-electron chi connectivity index (χ1n) is 8.20. The molecule has 3 heterocycles. The van der Waals surface area contributed by atoms with Gasteiger partial charge in [-0.05, 0) is 36.4 Å². The van der Waals surface area contributed by atoms with Gasteiger partial charge in [0.15, 0.2) is 0 Å². The van der Waals surface area contributed by atoms with Gasteiger partial charge in [0.05, 0.1) is 18.6 Å². The molecule has 6 heteroatoms. The average Bonchev–Trinajstić information content (AvgIpc) is 3.08. The molecule has 0 spiro atoms. The lowest BCUT2D eigenvalue weighted by Crippen LogP contribution is -2.55. The highest BCUT2D eigenvalue weighted by molar-refractivity contribution is 7.10. The molecule has 1 saturated heterocycles. The van der Waals surface area contributed by atoms with Gasteiger partial charge in [-0.15, -0.1) is 11.3 Å². The van der Waals surface area contributed by atoms with Gasteiger partial charge in [0.25, 0.3) is 0 Å². The smallest absolute Gasteiger partial charge is 0.227 e. The number of hydrogen-bond donors (Lipinski definition) is 1. The monoisotopic (exact) mass is 345 g/mol. The first kappa shape index (κ1) is 16.9. The Morgan fingerprint density at radius 1 is 1.42 bits per heavy atom. The highest BCUT2D eigenvalue weighted by Gasteiger charge is 2.35. The van der Waals surface area contributed by atoms with Gasteiger partial charge in [0.2, 0.25) is 5.91 Å². The van der Waals surface area contributed by atoms with Crippen LogP contribution in [0.3, 0.4) is 0 Å². The molecule has 128 valence electrons. The molecule has 3 rings (SSSR count). The summed E-state index contributed by atoms with van der Waals surface area (Å²) in [5.41, 5.74) is -0.893. The fraction of sp³-hybridized carbons (Fsp3) is 0.444. The van der Waals surface area contributed by atoms with Crippen molar-refractivity contribution in [3.63, 3.8) is 0 Å². The summed E-state index contributed by atoms with van der Waals surface area (Å²) < 4.78 is 0. The van der Waals surface area contributed by atoms with Crippen LogP contribution in [0.15, 0.2) is 41.9 Å². The Balaban J connectivity index is 1.61. The Kier molecular flexibility index (Phi) is 5.16. The van der Waals surface area contributed by atoms with Crippen LogP contribution in [0.5, 0.6) is 0 Å². The number of pyridine rings is 1. The number of β-amino-alcohol motifs (C(OH)–C–C–N with tert-alkyl or cyclic N) is 1. The summed E-state index contributed by atoms with van der Waals surface area (Å²) in [6.45, 7) is 1.73. The normalized spacial score (nSPS) is 20.8.